The standard InChI is InChI=1S/C13H20N6OS/c1-3-14-11(20)9-17-4-6-18(7-5-17)13-16-19-8-10(2)15-12(19)21-13/h8H,3-7,9H2,1-2H3,(H,14,20). The highest BCUT2D eigenvalue weighted by atomic mass is 32.1. The number of anilines is 1. The predicted octanol–water partition coefficient (Wildman–Crippen LogP) is 0.357. The molecule has 3 heterocycles. The monoisotopic (exact) mass is 308 g/mol. The quantitative estimate of drug-likeness (QED) is 0.883. The van der Waals surface area contributed by atoms with Crippen molar-refractivity contribution in [2.45, 2.75) is 13.8 Å². The molecule has 3 rings (SSSR count). The van der Waals surface area contributed by atoms with Crippen molar-refractivity contribution in [2.24, 2.45) is 0 Å². The highest BCUT2D eigenvalue weighted by Gasteiger charge is 2.21. The molecule has 1 aliphatic heterocycles. The third-order valence-electron chi connectivity index (χ3n) is 3.54. The van der Waals surface area contributed by atoms with Crippen LogP contribution < -0.4 is 10.2 Å². The molecule has 0 radical (unpaired) electrons. The second kappa shape index (κ2) is 5.98. The van der Waals surface area contributed by atoms with Crippen LogP contribution in [0.25, 0.3) is 4.96 Å². The van der Waals surface area contributed by atoms with E-state index in [0.717, 1.165) is 42.0 Å². The fraction of sp³-hybridized carbons (Fsp3) is 0.615. The largest absolute Gasteiger partial charge is 0.355 e. The molecule has 7 nitrogen and oxygen atoms in total. The molecule has 1 N–H and O–H groups in total. The molecule has 2 aromatic heterocycles. The van der Waals surface area contributed by atoms with Gasteiger partial charge in [0.2, 0.25) is 16.0 Å². The Balaban J connectivity index is 1.57. The van der Waals surface area contributed by atoms with Crippen molar-refractivity contribution >= 4 is 27.3 Å². The first kappa shape index (κ1) is 14.3. The Hall–Kier alpha value is -1.67. The Bertz CT molecular complexity index is 596. The zero-order chi connectivity index (χ0) is 14.8. The van der Waals surface area contributed by atoms with Crippen LogP contribution in [-0.2, 0) is 4.79 Å². The number of rotatable bonds is 4. The van der Waals surface area contributed by atoms with Crippen LogP contribution in [-0.4, -0.2) is 64.7 Å². The molecule has 0 aliphatic carbocycles. The molecule has 114 valence electrons. The summed E-state index contributed by atoms with van der Waals surface area (Å²) in [4.78, 5) is 21.4. The van der Waals surface area contributed by atoms with E-state index in [1.807, 2.05) is 24.6 Å². The van der Waals surface area contributed by atoms with E-state index < -0.39 is 0 Å². The molecular weight excluding hydrogens is 288 g/mol. The van der Waals surface area contributed by atoms with E-state index in [9.17, 15) is 4.79 Å². The smallest absolute Gasteiger partial charge is 0.234 e. The van der Waals surface area contributed by atoms with Gasteiger partial charge in [-0.3, -0.25) is 9.69 Å². The Morgan fingerprint density at radius 2 is 2.14 bits per heavy atom. The molecule has 21 heavy (non-hydrogen) atoms. The fourth-order valence-electron chi connectivity index (χ4n) is 2.48. The molecule has 0 spiro atoms. The van der Waals surface area contributed by atoms with Crippen molar-refractivity contribution in [3.63, 3.8) is 0 Å². The van der Waals surface area contributed by atoms with Crippen LogP contribution in [0, 0.1) is 6.92 Å². The number of hydrogen-bond donors (Lipinski definition) is 1. The van der Waals surface area contributed by atoms with Crippen molar-refractivity contribution in [3.05, 3.63) is 11.9 Å². The van der Waals surface area contributed by atoms with Gasteiger partial charge in [0.05, 0.1) is 18.4 Å². The van der Waals surface area contributed by atoms with Gasteiger partial charge in [-0.2, -0.15) is 0 Å². The van der Waals surface area contributed by atoms with Gasteiger partial charge in [-0.25, -0.2) is 9.50 Å². The third-order valence-corrected chi connectivity index (χ3v) is 4.52. The maximum absolute atomic E-state index is 11.6. The molecular formula is C13H20N6OS. The van der Waals surface area contributed by atoms with Crippen LogP contribution in [0.3, 0.4) is 0 Å². The molecule has 1 amide bonds. The first-order valence-electron chi connectivity index (χ1n) is 7.22. The van der Waals surface area contributed by atoms with Gasteiger partial charge in [0.15, 0.2) is 0 Å². The molecule has 1 fully saturated rings. The van der Waals surface area contributed by atoms with E-state index in [1.165, 1.54) is 0 Å². The zero-order valence-corrected chi connectivity index (χ0v) is 13.2. The van der Waals surface area contributed by atoms with E-state index >= 15 is 0 Å². The number of likely N-dealkylation sites (N-methyl/N-ethyl adjacent to an activating group) is 1. The van der Waals surface area contributed by atoms with Gasteiger partial charge in [0, 0.05) is 32.7 Å². The highest BCUT2D eigenvalue weighted by molar-refractivity contribution is 7.20. The average Bonchev–Trinajstić information content (AvgIpc) is 2.97. The summed E-state index contributed by atoms with van der Waals surface area (Å²) in [5, 5.41) is 8.42. The molecule has 0 bridgehead atoms. The number of fused-ring (bicyclic) bond motifs is 1. The van der Waals surface area contributed by atoms with Gasteiger partial charge < -0.3 is 10.2 Å². The lowest BCUT2D eigenvalue weighted by Crippen LogP contribution is -2.49. The summed E-state index contributed by atoms with van der Waals surface area (Å²) in [7, 11) is 0. The normalized spacial score (nSPS) is 16.6. The number of hydrogen-bond acceptors (Lipinski definition) is 6. The number of imidazole rings is 1. The molecule has 0 saturated carbocycles. The van der Waals surface area contributed by atoms with Gasteiger partial charge in [-0.05, 0) is 13.8 Å². The van der Waals surface area contributed by atoms with Crippen molar-refractivity contribution in [3.8, 4) is 0 Å². The van der Waals surface area contributed by atoms with Crippen LogP contribution in [0.5, 0.6) is 0 Å². The predicted molar refractivity (Wildman–Crippen MR) is 82.9 cm³/mol. The number of carbonyl (C=O) groups excluding carboxylic acids is 1. The van der Waals surface area contributed by atoms with Gasteiger partial charge in [0.25, 0.3) is 0 Å². The number of nitrogens with zero attached hydrogens (tertiary/aromatic N) is 5. The van der Waals surface area contributed by atoms with Gasteiger partial charge in [0.1, 0.15) is 0 Å². The Morgan fingerprint density at radius 1 is 1.38 bits per heavy atom. The van der Waals surface area contributed by atoms with Crippen LogP contribution in [0.15, 0.2) is 6.20 Å². The summed E-state index contributed by atoms with van der Waals surface area (Å²) in [5.74, 6) is 0.106. The van der Waals surface area contributed by atoms with E-state index in [0.29, 0.717) is 13.1 Å². The lowest BCUT2D eigenvalue weighted by atomic mass is 10.3. The van der Waals surface area contributed by atoms with Crippen LogP contribution in [0.2, 0.25) is 0 Å². The molecule has 0 atom stereocenters. The topological polar surface area (TPSA) is 65.8 Å². The lowest BCUT2D eigenvalue weighted by Gasteiger charge is -2.33. The maximum atomic E-state index is 11.6. The summed E-state index contributed by atoms with van der Waals surface area (Å²) in [6.45, 7) is 8.66. The summed E-state index contributed by atoms with van der Waals surface area (Å²) in [6.07, 6.45) is 1.95. The van der Waals surface area contributed by atoms with Crippen molar-refractivity contribution in [1.82, 2.24) is 24.8 Å². The number of nitrogens with one attached hydrogen (secondary N) is 1. The second-order valence-electron chi connectivity index (χ2n) is 5.21. The van der Waals surface area contributed by atoms with Crippen LogP contribution in [0.4, 0.5) is 5.13 Å². The number of piperazine rings is 1. The number of aromatic nitrogens is 3. The first-order chi connectivity index (χ1) is 10.2. The molecule has 8 heteroatoms. The van der Waals surface area contributed by atoms with Crippen LogP contribution >= 0.6 is 11.3 Å². The Morgan fingerprint density at radius 3 is 2.81 bits per heavy atom. The number of aryl methyl sites for hydroxylation is 1. The number of carbonyl (C=O) groups is 1. The minimum absolute atomic E-state index is 0.106. The molecule has 1 aliphatic rings. The van der Waals surface area contributed by atoms with Crippen LogP contribution in [0.1, 0.15) is 12.6 Å². The minimum Gasteiger partial charge on any atom is -0.355 e. The molecule has 0 unspecified atom stereocenters. The second-order valence-corrected chi connectivity index (χ2v) is 6.15. The first-order valence-corrected chi connectivity index (χ1v) is 8.04. The highest BCUT2D eigenvalue weighted by Crippen LogP contribution is 2.23. The van der Waals surface area contributed by atoms with E-state index in [2.05, 4.69) is 25.2 Å². The van der Waals surface area contributed by atoms with E-state index in [-0.39, 0.29) is 5.91 Å². The van der Waals surface area contributed by atoms with Crippen molar-refractivity contribution in [2.75, 3.05) is 44.2 Å². The van der Waals surface area contributed by atoms with Crippen molar-refractivity contribution in [1.29, 1.82) is 0 Å². The SMILES string of the molecule is CCNC(=O)CN1CCN(c2nn3cc(C)nc3s2)CC1. The third kappa shape index (κ3) is 3.16. The summed E-state index contributed by atoms with van der Waals surface area (Å²) in [5.41, 5.74) is 0.993. The Kier molecular flexibility index (Phi) is 4.07. The lowest BCUT2D eigenvalue weighted by molar-refractivity contribution is -0.122. The van der Waals surface area contributed by atoms with Gasteiger partial charge in [-0.1, -0.05) is 11.3 Å². The van der Waals surface area contributed by atoms with E-state index in [4.69, 9.17) is 0 Å². The van der Waals surface area contributed by atoms with Crippen molar-refractivity contribution < 1.29 is 4.79 Å². The van der Waals surface area contributed by atoms with Gasteiger partial charge in [-0.15, -0.1) is 5.10 Å². The van der Waals surface area contributed by atoms with E-state index in [1.54, 1.807) is 11.3 Å². The Labute approximate surface area is 127 Å². The summed E-state index contributed by atoms with van der Waals surface area (Å²) < 4.78 is 1.84. The molecule has 1 saturated heterocycles. The fourth-order valence-corrected chi connectivity index (χ4v) is 3.46. The summed E-state index contributed by atoms with van der Waals surface area (Å²) >= 11 is 1.62. The zero-order valence-electron chi connectivity index (χ0n) is 12.4. The average molecular weight is 308 g/mol. The molecule has 0 aromatic carbocycles. The summed E-state index contributed by atoms with van der Waals surface area (Å²) in [6, 6.07) is 0. The maximum Gasteiger partial charge on any atom is 0.234 e. The molecule has 2 aromatic rings. The number of amides is 1. The minimum atomic E-state index is 0.106. The van der Waals surface area contributed by atoms with Gasteiger partial charge >= 0.3 is 0 Å².